The van der Waals surface area contributed by atoms with Crippen LogP contribution in [0.15, 0.2) is 12.7 Å². The van der Waals surface area contributed by atoms with E-state index >= 15 is 0 Å². The van der Waals surface area contributed by atoms with Gasteiger partial charge in [-0.3, -0.25) is 0 Å². The SMILES string of the molecule is C=CC1([SiH](OC)OC)CCCCC1. The van der Waals surface area contributed by atoms with E-state index in [1.807, 2.05) is 0 Å². The van der Waals surface area contributed by atoms with Gasteiger partial charge >= 0.3 is 9.28 Å². The van der Waals surface area contributed by atoms with E-state index in [1.165, 1.54) is 32.1 Å². The Morgan fingerprint density at radius 3 is 2.08 bits per heavy atom. The van der Waals surface area contributed by atoms with Crippen LogP contribution in [0.25, 0.3) is 0 Å². The minimum absolute atomic E-state index is 0.196. The van der Waals surface area contributed by atoms with Gasteiger partial charge < -0.3 is 8.85 Å². The summed E-state index contributed by atoms with van der Waals surface area (Å²) >= 11 is 0. The fraction of sp³-hybridized carbons (Fsp3) is 0.800. The van der Waals surface area contributed by atoms with Gasteiger partial charge in [0.2, 0.25) is 0 Å². The van der Waals surface area contributed by atoms with Crippen molar-refractivity contribution >= 4 is 9.28 Å². The van der Waals surface area contributed by atoms with E-state index in [1.54, 1.807) is 14.2 Å². The van der Waals surface area contributed by atoms with Gasteiger partial charge in [-0.1, -0.05) is 25.3 Å². The maximum absolute atomic E-state index is 5.48. The molecule has 0 heterocycles. The van der Waals surface area contributed by atoms with Crippen LogP contribution in [0.3, 0.4) is 0 Å². The third kappa shape index (κ3) is 2.21. The second-order valence-corrected chi connectivity index (χ2v) is 6.56. The Morgan fingerprint density at radius 1 is 1.15 bits per heavy atom. The molecule has 1 aliphatic rings. The summed E-state index contributed by atoms with van der Waals surface area (Å²) in [5, 5.41) is 0.196. The van der Waals surface area contributed by atoms with E-state index in [2.05, 4.69) is 12.7 Å². The van der Waals surface area contributed by atoms with Crippen molar-refractivity contribution in [1.82, 2.24) is 0 Å². The average molecular weight is 200 g/mol. The molecule has 0 atom stereocenters. The van der Waals surface area contributed by atoms with Crippen LogP contribution in [-0.4, -0.2) is 23.5 Å². The first-order valence-corrected chi connectivity index (χ1v) is 6.50. The van der Waals surface area contributed by atoms with E-state index in [9.17, 15) is 0 Å². The number of hydrogen-bond acceptors (Lipinski definition) is 2. The molecular formula is C10H20O2Si. The topological polar surface area (TPSA) is 18.5 Å². The van der Waals surface area contributed by atoms with E-state index in [4.69, 9.17) is 8.85 Å². The Kier molecular flexibility index (Phi) is 4.16. The molecule has 1 aliphatic carbocycles. The predicted molar refractivity (Wildman–Crippen MR) is 57.1 cm³/mol. The minimum Gasteiger partial charge on any atom is -0.399 e. The maximum atomic E-state index is 5.48. The van der Waals surface area contributed by atoms with E-state index in [0.717, 1.165) is 0 Å². The molecule has 0 spiro atoms. The van der Waals surface area contributed by atoms with Gasteiger partial charge in [-0.15, -0.1) is 6.58 Å². The van der Waals surface area contributed by atoms with Crippen molar-refractivity contribution in [3.05, 3.63) is 12.7 Å². The molecule has 0 unspecified atom stereocenters. The molecule has 0 aromatic heterocycles. The quantitative estimate of drug-likeness (QED) is 0.512. The third-order valence-electron chi connectivity index (χ3n) is 3.09. The summed E-state index contributed by atoms with van der Waals surface area (Å²) in [6.07, 6.45) is 8.43. The van der Waals surface area contributed by atoms with Crippen molar-refractivity contribution in [3.8, 4) is 0 Å². The van der Waals surface area contributed by atoms with Gasteiger partial charge in [0, 0.05) is 19.3 Å². The van der Waals surface area contributed by atoms with Gasteiger partial charge in [-0.05, 0) is 12.8 Å². The zero-order chi connectivity index (χ0) is 9.73. The molecule has 2 nitrogen and oxygen atoms in total. The van der Waals surface area contributed by atoms with E-state index in [0.29, 0.717) is 0 Å². The molecule has 1 saturated carbocycles. The van der Waals surface area contributed by atoms with Crippen LogP contribution in [0.1, 0.15) is 32.1 Å². The summed E-state index contributed by atoms with van der Waals surface area (Å²) in [5.74, 6) is 0. The normalized spacial score (nSPS) is 21.8. The molecule has 0 aromatic carbocycles. The first-order valence-electron chi connectivity index (χ1n) is 4.98. The summed E-state index contributed by atoms with van der Waals surface area (Å²) in [5.41, 5.74) is 0. The standard InChI is InChI=1S/C10H20O2Si/c1-4-10(13(11-2)12-3)8-6-5-7-9-10/h4,13H,1,5-9H2,2-3H3. The fourth-order valence-corrected chi connectivity index (χ4v) is 4.52. The molecular weight excluding hydrogens is 180 g/mol. The highest BCUT2D eigenvalue weighted by Gasteiger charge is 2.40. The molecule has 0 aromatic rings. The summed E-state index contributed by atoms with van der Waals surface area (Å²) < 4.78 is 11.0. The minimum atomic E-state index is -1.53. The zero-order valence-corrected chi connectivity index (χ0v) is 9.87. The van der Waals surface area contributed by atoms with Gasteiger partial charge in [-0.2, -0.15) is 0 Å². The van der Waals surface area contributed by atoms with Crippen molar-refractivity contribution in [2.45, 2.75) is 37.1 Å². The Bertz CT molecular complexity index is 160. The number of rotatable bonds is 4. The molecule has 3 heteroatoms. The van der Waals surface area contributed by atoms with Gasteiger partial charge in [-0.25, -0.2) is 0 Å². The Labute approximate surface area is 82.8 Å². The maximum Gasteiger partial charge on any atom is 0.331 e. The monoisotopic (exact) mass is 200 g/mol. The zero-order valence-electron chi connectivity index (χ0n) is 8.71. The molecule has 1 fully saturated rings. The molecule has 0 radical (unpaired) electrons. The first kappa shape index (κ1) is 11.0. The highest BCUT2D eigenvalue weighted by Crippen LogP contribution is 2.46. The lowest BCUT2D eigenvalue weighted by atomic mass is 9.88. The number of allylic oxidation sites excluding steroid dienone is 1. The van der Waals surface area contributed by atoms with E-state index < -0.39 is 9.28 Å². The molecule has 0 aliphatic heterocycles. The van der Waals surface area contributed by atoms with Gasteiger partial charge in [0.1, 0.15) is 0 Å². The summed E-state index contributed by atoms with van der Waals surface area (Å²) in [7, 11) is 2.00. The van der Waals surface area contributed by atoms with Crippen molar-refractivity contribution in [2.75, 3.05) is 14.2 Å². The van der Waals surface area contributed by atoms with Crippen LogP contribution in [0, 0.1) is 0 Å². The van der Waals surface area contributed by atoms with Crippen molar-refractivity contribution in [1.29, 1.82) is 0 Å². The Hall–Kier alpha value is -0.123. The molecule has 76 valence electrons. The van der Waals surface area contributed by atoms with E-state index in [-0.39, 0.29) is 5.04 Å². The number of hydrogen-bond donors (Lipinski definition) is 0. The lowest BCUT2D eigenvalue weighted by Crippen LogP contribution is -2.37. The Balaban J connectivity index is 2.70. The second-order valence-electron chi connectivity index (χ2n) is 3.80. The molecule has 0 saturated heterocycles. The lowest BCUT2D eigenvalue weighted by molar-refractivity contribution is 0.231. The van der Waals surface area contributed by atoms with Gasteiger partial charge in [0.25, 0.3) is 0 Å². The van der Waals surface area contributed by atoms with Gasteiger partial charge in [0.15, 0.2) is 0 Å². The second kappa shape index (κ2) is 4.93. The van der Waals surface area contributed by atoms with Crippen molar-refractivity contribution in [3.63, 3.8) is 0 Å². The summed E-state index contributed by atoms with van der Waals surface area (Å²) in [6.45, 7) is 3.95. The lowest BCUT2D eigenvalue weighted by Gasteiger charge is -2.37. The van der Waals surface area contributed by atoms with Crippen LogP contribution in [0.4, 0.5) is 0 Å². The van der Waals surface area contributed by atoms with Crippen LogP contribution < -0.4 is 0 Å². The summed E-state index contributed by atoms with van der Waals surface area (Å²) in [4.78, 5) is 0. The van der Waals surface area contributed by atoms with Crippen molar-refractivity contribution < 1.29 is 8.85 Å². The highest BCUT2D eigenvalue weighted by atomic mass is 28.3. The summed E-state index contributed by atoms with van der Waals surface area (Å²) in [6, 6.07) is 0. The fourth-order valence-electron chi connectivity index (χ4n) is 2.31. The third-order valence-corrected chi connectivity index (χ3v) is 5.70. The molecule has 1 rings (SSSR count). The predicted octanol–water partition coefficient (Wildman–Crippen LogP) is 2.39. The average Bonchev–Trinajstić information content (AvgIpc) is 2.21. The van der Waals surface area contributed by atoms with Crippen LogP contribution in [0.5, 0.6) is 0 Å². The van der Waals surface area contributed by atoms with Crippen LogP contribution in [-0.2, 0) is 8.85 Å². The smallest absolute Gasteiger partial charge is 0.331 e. The van der Waals surface area contributed by atoms with Gasteiger partial charge in [0.05, 0.1) is 0 Å². The molecule has 0 bridgehead atoms. The van der Waals surface area contributed by atoms with Crippen LogP contribution >= 0.6 is 0 Å². The molecule has 0 amide bonds. The largest absolute Gasteiger partial charge is 0.399 e. The molecule has 13 heavy (non-hydrogen) atoms. The first-order chi connectivity index (χ1) is 6.29. The highest BCUT2D eigenvalue weighted by molar-refractivity contribution is 6.49. The van der Waals surface area contributed by atoms with Crippen molar-refractivity contribution in [2.24, 2.45) is 0 Å². The molecule has 0 N–H and O–H groups in total. The Morgan fingerprint density at radius 2 is 1.69 bits per heavy atom. The van der Waals surface area contributed by atoms with Crippen LogP contribution in [0.2, 0.25) is 5.04 Å².